The number of aryl methyl sites for hydroxylation is 1. The van der Waals surface area contributed by atoms with Crippen molar-refractivity contribution in [3.8, 4) is 11.3 Å². The van der Waals surface area contributed by atoms with Gasteiger partial charge in [0.1, 0.15) is 11.5 Å². The van der Waals surface area contributed by atoms with Crippen molar-refractivity contribution in [1.29, 1.82) is 0 Å². The van der Waals surface area contributed by atoms with Gasteiger partial charge in [-0.25, -0.2) is 14.5 Å². The van der Waals surface area contributed by atoms with Crippen molar-refractivity contribution in [3.05, 3.63) is 42.4 Å². The molecule has 0 spiro atoms. The summed E-state index contributed by atoms with van der Waals surface area (Å²) in [6, 6.07) is 9.11. The predicted molar refractivity (Wildman–Crippen MR) is 107 cm³/mol. The molecule has 0 aromatic carbocycles. The van der Waals surface area contributed by atoms with E-state index in [2.05, 4.69) is 52.2 Å². The summed E-state index contributed by atoms with van der Waals surface area (Å²) in [4.78, 5) is 14.7. The molecule has 138 valence electrons. The molecule has 1 fully saturated rings. The Morgan fingerprint density at radius 2 is 1.89 bits per heavy atom. The van der Waals surface area contributed by atoms with Gasteiger partial charge in [0.25, 0.3) is 0 Å². The first-order chi connectivity index (χ1) is 13.1. The largest absolute Gasteiger partial charge is 0.352 e. The number of anilines is 1. The first kappa shape index (κ1) is 16.3. The number of pyridine rings is 1. The van der Waals surface area contributed by atoms with E-state index in [-0.39, 0.29) is 0 Å². The maximum absolute atomic E-state index is 4.98. The molecular formula is C20H23N7. The highest BCUT2D eigenvalue weighted by molar-refractivity contribution is 5.93. The van der Waals surface area contributed by atoms with Gasteiger partial charge < -0.3 is 15.2 Å². The number of nitrogens with one attached hydrogen (secondary N) is 2. The second kappa shape index (κ2) is 6.06. The van der Waals surface area contributed by atoms with Gasteiger partial charge in [0.05, 0.1) is 11.4 Å². The fourth-order valence-electron chi connectivity index (χ4n) is 4.19. The van der Waals surface area contributed by atoms with Crippen LogP contribution < -0.4 is 10.2 Å². The van der Waals surface area contributed by atoms with Crippen LogP contribution in [0.25, 0.3) is 27.9 Å². The zero-order valence-corrected chi connectivity index (χ0v) is 15.8. The highest BCUT2D eigenvalue weighted by atomic mass is 15.4. The summed E-state index contributed by atoms with van der Waals surface area (Å²) >= 11 is 0. The first-order valence-electron chi connectivity index (χ1n) is 9.40. The van der Waals surface area contributed by atoms with Crippen molar-refractivity contribution in [2.24, 2.45) is 0 Å². The number of hydrogen-bond donors (Lipinski definition) is 2. The highest BCUT2D eigenvalue weighted by Crippen LogP contribution is 2.30. The van der Waals surface area contributed by atoms with Crippen LogP contribution in [0.1, 0.15) is 19.5 Å². The zero-order valence-electron chi connectivity index (χ0n) is 15.8. The topological polar surface area (TPSA) is 74.1 Å². The van der Waals surface area contributed by atoms with Crippen LogP contribution in [0.3, 0.4) is 0 Å². The smallest absolute Gasteiger partial charge is 0.154 e. The quantitative estimate of drug-likeness (QED) is 0.574. The number of imidazole rings is 1. The summed E-state index contributed by atoms with van der Waals surface area (Å²) in [5.41, 5.74) is 4.83. The first-order valence-corrected chi connectivity index (χ1v) is 9.40. The molecular weight excluding hydrogens is 338 g/mol. The van der Waals surface area contributed by atoms with Gasteiger partial charge in [0, 0.05) is 48.5 Å². The van der Waals surface area contributed by atoms with Gasteiger partial charge in [-0.1, -0.05) is 0 Å². The van der Waals surface area contributed by atoms with E-state index < -0.39 is 0 Å². The standard InChI is InChI=1S/C20H23N7/c1-12-10-26(11-13(2)23-12)18-5-4-17-24-14(3)19(27(17)25-18)15-6-8-21-20-16(15)7-9-22-20/h4-9,12-13,23H,10-11H2,1-3H3,(H,21,22). The third-order valence-corrected chi connectivity index (χ3v) is 5.23. The van der Waals surface area contributed by atoms with Crippen molar-refractivity contribution >= 4 is 22.5 Å². The lowest BCUT2D eigenvalue weighted by Crippen LogP contribution is -2.54. The third kappa shape index (κ3) is 2.66. The van der Waals surface area contributed by atoms with Crippen LogP contribution in [-0.2, 0) is 0 Å². The SMILES string of the molecule is Cc1nc2ccc(N3CC(C)NC(C)C3)nn2c1-c1ccnc2[nH]ccc12. The van der Waals surface area contributed by atoms with Gasteiger partial charge in [-0.15, -0.1) is 5.10 Å². The van der Waals surface area contributed by atoms with Crippen LogP contribution in [0.15, 0.2) is 36.7 Å². The van der Waals surface area contributed by atoms with Crippen LogP contribution in [-0.4, -0.2) is 49.7 Å². The Kier molecular flexibility index (Phi) is 3.65. The molecule has 0 aliphatic carbocycles. The lowest BCUT2D eigenvalue weighted by atomic mass is 10.1. The average molecular weight is 361 g/mol. The maximum Gasteiger partial charge on any atom is 0.154 e. The molecule has 2 atom stereocenters. The number of rotatable bonds is 2. The Labute approximate surface area is 157 Å². The van der Waals surface area contributed by atoms with Crippen LogP contribution >= 0.6 is 0 Å². The van der Waals surface area contributed by atoms with Crippen LogP contribution in [0.2, 0.25) is 0 Å². The van der Waals surface area contributed by atoms with E-state index in [1.165, 1.54) is 0 Å². The lowest BCUT2D eigenvalue weighted by molar-refractivity contribution is 0.404. The number of H-pyrrole nitrogens is 1. The predicted octanol–water partition coefficient (Wildman–Crippen LogP) is 2.77. The molecule has 5 rings (SSSR count). The van der Waals surface area contributed by atoms with Gasteiger partial charge in [0.2, 0.25) is 0 Å². The molecule has 0 saturated carbocycles. The van der Waals surface area contributed by atoms with Crippen molar-refractivity contribution in [1.82, 2.24) is 29.9 Å². The van der Waals surface area contributed by atoms with Gasteiger partial charge in [-0.2, -0.15) is 0 Å². The van der Waals surface area contributed by atoms with E-state index in [0.29, 0.717) is 12.1 Å². The Hall–Kier alpha value is -2.93. The van der Waals surface area contributed by atoms with Crippen molar-refractivity contribution in [3.63, 3.8) is 0 Å². The van der Waals surface area contributed by atoms with Gasteiger partial charge in [-0.3, -0.25) is 0 Å². The Morgan fingerprint density at radius 1 is 1.07 bits per heavy atom. The summed E-state index contributed by atoms with van der Waals surface area (Å²) < 4.78 is 1.98. The normalized spacial score (nSPS) is 20.6. The molecule has 5 heterocycles. The van der Waals surface area contributed by atoms with E-state index in [1.54, 1.807) is 0 Å². The van der Waals surface area contributed by atoms with E-state index in [4.69, 9.17) is 10.1 Å². The second-order valence-corrected chi connectivity index (χ2v) is 7.48. The number of nitrogens with zero attached hydrogens (tertiary/aromatic N) is 5. The lowest BCUT2D eigenvalue weighted by Gasteiger charge is -2.36. The fraction of sp³-hybridized carbons (Fsp3) is 0.350. The van der Waals surface area contributed by atoms with Gasteiger partial charge in [0.15, 0.2) is 5.65 Å². The zero-order chi connectivity index (χ0) is 18.5. The van der Waals surface area contributed by atoms with E-state index in [1.807, 2.05) is 29.9 Å². The molecule has 1 aliphatic heterocycles. The number of fused-ring (bicyclic) bond motifs is 2. The summed E-state index contributed by atoms with van der Waals surface area (Å²) in [5, 5.41) is 9.64. The molecule has 27 heavy (non-hydrogen) atoms. The van der Waals surface area contributed by atoms with E-state index >= 15 is 0 Å². The maximum atomic E-state index is 4.98. The molecule has 4 aromatic rings. The molecule has 0 bridgehead atoms. The Morgan fingerprint density at radius 3 is 2.70 bits per heavy atom. The summed E-state index contributed by atoms with van der Waals surface area (Å²) in [6.07, 6.45) is 3.75. The molecule has 4 aromatic heterocycles. The summed E-state index contributed by atoms with van der Waals surface area (Å²) in [6.45, 7) is 8.37. The number of piperazine rings is 1. The van der Waals surface area contributed by atoms with Crippen molar-refractivity contribution in [2.45, 2.75) is 32.9 Å². The molecule has 7 heteroatoms. The summed E-state index contributed by atoms with van der Waals surface area (Å²) in [5.74, 6) is 0.987. The second-order valence-electron chi connectivity index (χ2n) is 7.48. The molecule has 2 N–H and O–H groups in total. The number of hydrogen-bond acceptors (Lipinski definition) is 5. The minimum absolute atomic E-state index is 0.440. The molecule has 0 amide bonds. The molecule has 0 radical (unpaired) electrons. The monoisotopic (exact) mass is 361 g/mol. The van der Waals surface area contributed by atoms with Gasteiger partial charge >= 0.3 is 0 Å². The van der Waals surface area contributed by atoms with Crippen molar-refractivity contribution in [2.75, 3.05) is 18.0 Å². The Bertz CT molecular complexity index is 1120. The summed E-state index contributed by atoms with van der Waals surface area (Å²) in [7, 11) is 0. The average Bonchev–Trinajstić information content (AvgIpc) is 3.23. The Balaban J connectivity index is 1.67. The molecule has 1 saturated heterocycles. The number of aromatic amines is 1. The minimum atomic E-state index is 0.440. The molecule has 2 unspecified atom stereocenters. The van der Waals surface area contributed by atoms with Crippen LogP contribution in [0.4, 0.5) is 5.82 Å². The van der Waals surface area contributed by atoms with Crippen molar-refractivity contribution < 1.29 is 0 Å². The van der Waals surface area contributed by atoms with E-state index in [9.17, 15) is 0 Å². The molecule has 1 aliphatic rings. The van der Waals surface area contributed by atoms with E-state index in [0.717, 1.165) is 52.5 Å². The number of aromatic nitrogens is 5. The van der Waals surface area contributed by atoms with Gasteiger partial charge in [-0.05, 0) is 45.0 Å². The highest BCUT2D eigenvalue weighted by Gasteiger charge is 2.23. The van der Waals surface area contributed by atoms with Crippen LogP contribution in [0, 0.1) is 6.92 Å². The van der Waals surface area contributed by atoms with Crippen LogP contribution in [0.5, 0.6) is 0 Å². The fourth-order valence-corrected chi connectivity index (χ4v) is 4.19. The molecule has 7 nitrogen and oxygen atoms in total. The third-order valence-electron chi connectivity index (χ3n) is 5.23. The minimum Gasteiger partial charge on any atom is -0.352 e.